The van der Waals surface area contributed by atoms with Gasteiger partial charge in [0.2, 0.25) is 0 Å². The van der Waals surface area contributed by atoms with E-state index in [0.29, 0.717) is 28.1 Å². The minimum absolute atomic E-state index is 0.405. The van der Waals surface area contributed by atoms with Crippen LogP contribution in [0.2, 0.25) is 10.0 Å². The topological polar surface area (TPSA) is 34.2 Å². The summed E-state index contributed by atoms with van der Waals surface area (Å²) in [4.78, 5) is 4.07. The highest BCUT2D eigenvalue weighted by Crippen LogP contribution is 2.35. The first-order valence-corrected chi connectivity index (χ1v) is 6.73. The second-order valence-electron chi connectivity index (χ2n) is 3.92. The number of halogens is 2. The van der Waals surface area contributed by atoms with Crippen LogP contribution in [0, 0.1) is 0 Å². The van der Waals surface area contributed by atoms with Gasteiger partial charge >= 0.3 is 0 Å². The molecular formula is C14H14Cl2N2O. The van der Waals surface area contributed by atoms with Gasteiger partial charge in [0.1, 0.15) is 16.5 Å². The van der Waals surface area contributed by atoms with Crippen molar-refractivity contribution in [2.45, 2.75) is 13.5 Å². The molecule has 0 fully saturated rings. The van der Waals surface area contributed by atoms with Gasteiger partial charge in [-0.25, -0.2) is 0 Å². The smallest absolute Gasteiger partial charge is 0.150 e. The van der Waals surface area contributed by atoms with Gasteiger partial charge in [0.05, 0.1) is 11.2 Å². The Hall–Kier alpha value is -1.29. The number of benzene rings is 1. The van der Waals surface area contributed by atoms with Crippen LogP contribution in [0.4, 0.5) is 0 Å². The second-order valence-corrected chi connectivity index (χ2v) is 4.70. The van der Waals surface area contributed by atoms with Crippen LogP contribution in [0.1, 0.15) is 12.5 Å². The fraction of sp³-hybridized carbons (Fsp3) is 0.214. The molecule has 0 spiro atoms. The van der Waals surface area contributed by atoms with Crippen LogP contribution >= 0.6 is 23.2 Å². The number of pyridine rings is 1. The lowest BCUT2D eigenvalue weighted by atomic mass is 10.2. The molecule has 3 nitrogen and oxygen atoms in total. The van der Waals surface area contributed by atoms with Crippen LogP contribution < -0.4 is 10.1 Å². The molecule has 1 heterocycles. The summed E-state index contributed by atoms with van der Waals surface area (Å²) >= 11 is 12.1. The van der Waals surface area contributed by atoms with Gasteiger partial charge in [-0.05, 0) is 24.7 Å². The quantitative estimate of drug-likeness (QED) is 0.894. The Bertz CT molecular complexity index is 561. The Labute approximate surface area is 122 Å². The van der Waals surface area contributed by atoms with Crippen molar-refractivity contribution < 1.29 is 4.74 Å². The predicted octanol–water partition coefficient (Wildman–Crippen LogP) is 4.29. The number of hydrogen-bond acceptors (Lipinski definition) is 3. The van der Waals surface area contributed by atoms with Crippen LogP contribution in [0.5, 0.6) is 11.5 Å². The highest BCUT2D eigenvalue weighted by Gasteiger charge is 2.09. The van der Waals surface area contributed by atoms with Crippen LogP contribution in [-0.2, 0) is 6.54 Å². The van der Waals surface area contributed by atoms with E-state index >= 15 is 0 Å². The van der Waals surface area contributed by atoms with Crippen LogP contribution in [0.3, 0.4) is 0 Å². The SMILES string of the molecule is CCNCc1ccncc1Oc1cccc(Cl)c1Cl. The summed E-state index contributed by atoms with van der Waals surface area (Å²) in [6, 6.07) is 7.21. The number of ether oxygens (including phenoxy) is 1. The van der Waals surface area contributed by atoms with Gasteiger partial charge in [-0.3, -0.25) is 4.98 Å². The van der Waals surface area contributed by atoms with Gasteiger partial charge in [-0.1, -0.05) is 36.2 Å². The van der Waals surface area contributed by atoms with Crippen LogP contribution in [0.15, 0.2) is 36.7 Å². The van der Waals surface area contributed by atoms with Gasteiger partial charge < -0.3 is 10.1 Å². The third-order valence-electron chi connectivity index (χ3n) is 2.57. The first-order valence-electron chi connectivity index (χ1n) is 5.98. The fourth-order valence-electron chi connectivity index (χ4n) is 1.59. The van der Waals surface area contributed by atoms with E-state index in [1.54, 1.807) is 30.6 Å². The van der Waals surface area contributed by atoms with Crippen molar-refractivity contribution in [3.63, 3.8) is 0 Å². The largest absolute Gasteiger partial charge is 0.454 e. The zero-order valence-electron chi connectivity index (χ0n) is 10.5. The molecule has 0 atom stereocenters. The molecule has 0 aliphatic rings. The standard InChI is InChI=1S/C14H14Cl2N2O/c1-2-17-8-10-6-7-18-9-13(10)19-12-5-3-4-11(15)14(12)16/h3-7,9,17H,2,8H2,1H3. The Morgan fingerprint density at radius 2 is 2.05 bits per heavy atom. The van der Waals surface area contributed by atoms with Gasteiger partial charge in [0, 0.05) is 18.3 Å². The van der Waals surface area contributed by atoms with Crippen LogP contribution in [0.25, 0.3) is 0 Å². The molecule has 100 valence electrons. The van der Waals surface area contributed by atoms with Crippen LogP contribution in [-0.4, -0.2) is 11.5 Å². The molecular weight excluding hydrogens is 283 g/mol. The Morgan fingerprint density at radius 1 is 1.21 bits per heavy atom. The highest BCUT2D eigenvalue weighted by atomic mass is 35.5. The molecule has 1 N–H and O–H groups in total. The molecule has 0 aliphatic heterocycles. The van der Waals surface area contributed by atoms with Crippen molar-refractivity contribution in [1.29, 1.82) is 0 Å². The molecule has 2 aromatic rings. The van der Waals surface area contributed by atoms with E-state index in [0.717, 1.165) is 12.1 Å². The lowest BCUT2D eigenvalue weighted by molar-refractivity contribution is 0.471. The molecule has 0 saturated heterocycles. The number of hydrogen-bond donors (Lipinski definition) is 1. The minimum atomic E-state index is 0.405. The number of nitrogens with one attached hydrogen (secondary N) is 1. The lowest BCUT2D eigenvalue weighted by Gasteiger charge is -2.12. The number of aromatic nitrogens is 1. The van der Waals surface area contributed by atoms with Gasteiger partial charge in [-0.15, -0.1) is 0 Å². The maximum atomic E-state index is 6.11. The van der Waals surface area contributed by atoms with E-state index in [-0.39, 0.29) is 0 Å². The van der Waals surface area contributed by atoms with E-state index in [1.165, 1.54) is 0 Å². The number of nitrogens with zero attached hydrogens (tertiary/aromatic N) is 1. The molecule has 1 aromatic heterocycles. The first kappa shape index (κ1) is 14.1. The van der Waals surface area contributed by atoms with Gasteiger partial charge in [0.25, 0.3) is 0 Å². The van der Waals surface area contributed by atoms with E-state index in [4.69, 9.17) is 27.9 Å². The Morgan fingerprint density at radius 3 is 2.84 bits per heavy atom. The monoisotopic (exact) mass is 296 g/mol. The summed E-state index contributed by atoms with van der Waals surface area (Å²) in [7, 11) is 0. The third kappa shape index (κ3) is 3.60. The maximum Gasteiger partial charge on any atom is 0.150 e. The Balaban J connectivity index is 2.25. The van der Waals surface area contributed by atoms with Crippen molar-refractivity contribution in [2.24, 2.45) is 0 Å². The molecule has 0 aliphatic carbocycles. The van der Waals surface area contributed by atoms with E-state index in [2.05, 4.69) is 17.2 Å². The molecule has 5 heteroatoms. The zero-order chi connectivity index (χ0) is 13.7. The summed E-state index contributed by atoms with van der Waals surface area (Å²) in [6.07, 6.45) is 3.41. The highest BCUT2D eigenvalue weighted by molar-refractivity contribution is 6.42. The van der Waals surface area contributed by atoms with Gasteiger partial charge in [0.15, 0.2) is 0 Å². The molecule has 0 unspecified atom stereocenters. The Kier molecular flexibility index (Phi) is 5.02. The van der Waals surface area contributed by atoms with E-state index in [9.17, 15) is 0 Å². The van der Waals surface area contributed by atoms with Crippen molar-refractivity contribution in [1.82, 2.24) is 10.3 Å². The molecule has 0 saturated carbocycles. The summed E-state index contributed by atoms with van der Waals surface area (Å²) in [5.41, 5.74) is 1.02. The van der Waals surface area contributed by atoms with E-state index < -0.39 is 0 Å². The van der Waals surface area contributed by atoms with Crippen molar-refractivity contribution >= 4 is 23.2 Å². The molecule has 19 heavy (non-hydrogen) atoms. The average Bonchev–Trinajstić information content (AvgIpc) is 2.43. The summed E-state index contributed by atoms with van der Waals surface area (Å²) in [6.45, 7) is 3.65. The molecule has 2 rings (SSSR count). The molecule has 0 radical (unpaired) electrons. The van der Waals surface area contributed by atoms with Crippen molar-refractivity contribution in [3.8, 4) is 11.5 Å². The molecule has 1 aromatic carbocycles. The third-order valence-corrected chi connectivity index (χ3v) is 3.37. The van der Waals surface area contributed by atoms with Crippen molar-refractivity contribution in [3.05, 3.63) is 52.3 Å². The fourth-order valence-corrected chi connectivity index (χ4v) is 1.92. The maximum absolute atomic E-state index is 6.11. The first-order chi connectivity index (χ1) is 9.22. The minimum Gasteiger partial charge on any atom is -0.454 e. The normalized spacial score (nSPS) is 10.5. The lowest BCUT2D eigenvalue weighted by Crippen LogP contribution is -2.12. The molecule has 0 amide bonds. The zero-order valence-corrected chi connectivity index (χ0v) is 12.0. The summed E-state index contributed by atoms with van der Waals surface area (Å²) in [5.74, 6) is 1.20. The summed E-state index contributed by atoms with van der Waals surface area (Å²) in [5, 5.41) is 4.12. The summed E-state index contributed by atoms with van der Waals surface area (Å²) < 4.78 is 5.80. The second kappa shape index (κ2) is 6.75. The van der Waals surface area contributed by atoms with Gasteiger partial charge in [-0.2, -0.15) is 0 Å². The molecule has 0 bridgehead atoms. The number of rotatable bonds is 5. The van der Waals surface area contributed by atoms with Crippen molar-refractivity contribution in [2.75, 3.05) is 6.54 Å². The van der Waals surface area contributed by atoms with E-state index in [1.807, 2.05) is 6.07 Å². The average molecular weight is 297 g/mol. The predicted molar refractivity (Wildman–Crippen MR) is 78.2 cm³/mol.